The van der Waals surface area contributed by atoms with Crippen LogP contribution in [0.5, 0.6) is 0 Å². The minimum Gasteiger partial charge on any atom is -0.480 e. The zero-order valence-electron chi connectivity index (χ0n) is 17.8. The van der Waals surface area contributed by atoms with E-state index in [1.807, 2.05) is 74.5 Å². The maximum Gasteiger partial charge on any atom is 0.326 e. The molecule has 2 amide bonds. The smallest absolute Gasteiger partial charge is 0.326 e. The van der Waals surface area contributed by atoms with Crippen LogP contribution in [-0.2, 0) is 27.2 Å². The van der Waals surface area contributed by atoms with Crippen LogP contribution in [0.2, 0.25) is 0 Å². The maximum atomic E-state index is 13.0. The number of carbonyl (C=O) groups excluding carboxylic acids is 2. The zero-order chi connectivity index (χ0) is 22.8. The first-order valence-corrected chi connectivity index (χ1v) is 10.9. The first-order chi connectivity index (χ1) is 14.8. The summed E-state index contributed by atoms with van der Waals surface area (Å²) in [5, 5.41) is 14.4. The molecule has 2 aromatic rings. The average Bonchev–Trinajstić information content (AvgIpc) is 2.76. The van der Waals surface area contributed by atoms with E-state index in [0.717, 1.165) is 11.1 Å². The third-order valence-corrected chi connectivity index (χ3v) is 5.83. The maximum absolute atomic E-state index is 13.0. The van der Waals surface area contributed by atoms with E-state index in [-0.39, 0.29) is 18.2 Å². The summed E-state index contributed by atoms with van der Waals surface area (Å²) < 4.78 is 0. The molecule has 0 radical (unpaired) electrons. The highest BCUT2D eigenvalue weighted by Crippen LogP contribution is 2.12. The van der Waals surface area contributed by atoms with Crippen LogP contribution in [0, 0.1) is 5.92 Å². The van der Waals surface area contributed by atoms with E-state index in [1.165, 1.54) is 0 Å². The molecule has 3 atom stereocenters. The minimum absolute atomic E-state index is 0.00832. The molecule has 0 spiro atoms. The standard InChI is InChI=1S/C24H30N2O4S/c1-16(2)21(31)23(28)25-19(14-13-17-9-5-3-6-10-17)22(27)26-20(24(29)30)15-18-11-7-4-8-12-18/h3-12,16,19-21,31H,13-15H2,1-2H3,(H,25,28)(H,26,27)(H,29,30). The Morgan fingerprint density at radius 3 is 1.87 bits per heavy atom. The van der Waals surface area contributed by atoms with Gasteiger partial charge in [-0.2, -0.15) is 12.6 Å². The second-order valence-electron chi connectivity index (χ2n) is 7.86. The lowest BCUT2D eigenvalue weighted by Crippen LogP contribution is -2.53. The Labute approximate surface area is 188 Å². The van der Waals surface area contributed by atoms with E-state index in [9.17, 15) is 19.5 Å². The highest BCUT2D eigenvalue weighted by molar-refractivity contribution is 7.81. The van der Waals surface area contributed by atoms with Gasteiger partial charge in [-0.05, 0) is 29.9 Å². The van der Waals surface area contributed by atoms with Crippen LogP contribution in [0.15, 0.2) is 60.7 Å². The van der Waals surface area contributed by atoms with Crippen molar-refractivity contribution in [2.24, 2.45) is 5.92 Å². The molecule has 166 valence electrons. The summed E-state index contributed by atoms with van der Waals surface area (Å²) in [6, 6.07) is 16.8. The molecule has 2 aromatic carbocycles. The Morgan fingerprint density at radius 2 is 1.35 bits per heavy atom. The Morgan fingerprint density at radius 1 is 0.839 bits per heavy atom. The predicted molar refractivity (Wildman–Crippen MR) is 124 cm³/mol. The number of carboxylic acids is 1. The SMILES string of the molecule is CC(C)C(S)C(=O)NC(CCc1ccccc1)C(=O)NC(Cc1ccccc1)C(=O)O. The van der Waals surface area contributed by atoms with Gasteiger partial charge in [-0.1, -0.05) is 74.5 Å². The largest absolute Gasteiger partial charge is 0.480 e. The Kier molecular flexibility index (Phi) is 9.59. The third-order valence-electron chi connectivity index (χ3n) is 4.99. The lowest BCUT2D eigenvalue weighted by molar-refractivity contribution is -0.142. The number of amides is 2. The van der Waals surface area contributed by atoms with E-state index in [0.29, 0.717) is 12.8 Å². The van der Waals surface area contributed by atoms with E-state index in [1.54, 1.807) is 0 Å². The molecule has 3 N–H and O–H groups in total. The number of hydrogen-bond acceptors (Lipinski definition) is 4. The number of nitrogens with one attached hydrogen (secondary N) is 2. The summed E-state index contributed by atoms with van der Waals surface area (Å²) in [4.78, 5) is 37.3. The van der Waals surface area contributed by atoms with E-state index in [4.69, 9.17) is 0 Å². The van der Waals surface area contributed by atoms with Crippen molar-refractivity contribution in [2.45, 2.75) is 50.4 Å². The van der Waals surface area contributed by atoms with Gasteiger partial charge in [0, 0.05) is 6.42 Å². The van der Waals surface area contributed by atoms with Gasteiger partial charge in [0.15, 0.2) is 0 Å². The lowest BCUT2D eigenvalue weighted by Gasteiger charge is -2.24. The van der Waals surface area contributed by atoms with Crippen LogP contribution in [-0.4, -0.2) is 40.2 Å². The van der Waals surface area contributed by atoms with Crippen molar-refractivity contribution in [2.75, 3.05) is 0 Å². The number of rotatable bonds is 11. The molecule has 31 heavy (non-hydrogen) atoms. The van der Waals surface area contributed by atoms with E-state index < -0.39 is 29.2 Å². The fourth-order valence-corrected chi connectivity index (χ4v) is 3.18. The lowest BCUT2D eigenvalue weighted by atomic mass is 10.0. The topological polar surface area (TPSA) is 95.5 Å². The molecule has 0 bridgehead atoms. The van der Waals surface area contributed by atoms with Crippen molar-refractivity contribution < 1.29 is 19.5 Å². The molecule has 2 rings (SSSR count). The van der Waals surface area contributed by atoms with Gasteiger partial charge in [0.25, 0.3) is 0 Å². The molecule has 0 aromatic heterocycles. The van der Waals surface area contributed by atoms with Crippen molar-refractivity contribution in [3.8, 4) is 0 Å². The number of hydrogen-bond donors (Lipinski definition) is 4. The van der Waals surface area contributed by atoms with E-state index >= 15 is 0 Å². The summed E-state index contributed by atoms with van der Waals surface area (Å²) in [5.74, 6) is -2.00. The van der Waals surface area contributed by atoms with Gasteiger partial charge in [-0.25, -0.2) is 4.79 Å². The van der Waals surface area contributed by atoms with Gasteiger partial charge in [0.05, 0.1) is 5.25 Å². The number of aliphatic carboxylic acids is 1. The molecule has 3 unspecified atom stereocenters. The van der Waals surface area contributed by atoms with E-state index in [2.05, 4.69) is 23.3 Å². The van der Waals surface area contributed by atoms with Crippen LogP contribution in [0.1, 0.15) is 31.4 Å². The van der Waals surface area contributed by atoms with Gasteiger partial charge in [0.1, 0.15) is 12.1 Å². The third kappa shape index (κ3) is 8.09. The number of carboxylic acid groups (broad SMARTS) is 1. The van der Waals surface area contributed by atoms with Crippen LogP contribution in [0.4, 0.5) is 0 Å². The molecule has 0 heterocycles. The van der Waals surface area contributed by atoms with Gasteiger partial charge < -0.3 is 15.7 Å². The Bertz CT molecular complexity index is 858. The van der Waals surface area contributed by atoms with Gasteiger partial charge in [-0.15, -0.1) is 0 Å². The van der Waals surface area contributed by atoms with Crippen LogP contribution in [0.3, 0.4) is 0 Å². The predicted octanol–water partition coefficient (Wildman–Crippen LogP) is 2.87. The number of benzene rings is 2. The molecule has 0 fully saturated rings. The van der Waals surface area contributed by atoms with Crippen molar-refractivity contribution in [3.05, 3.63) is 71.8 Å². The molecular formula is C24H30N2O4S. The van der Waals surface area contributed by atoms with Crippen LogP contribution < -0.4 is 10.6 Å². The summed E-state index contributed by atoms with van der Waals surface area (Å²) >= 11 is 4.33. The molecule has 0 aliphatic carbocycles. The second kappa shape index (κ2) is 12.2. The van der Waals surface area contributed by atoms with Crippen molar-refractivity contribution in [3.63, 3.8) is 0 Å². The van der Waals surface area contributed by atoms with Crippen molar-refractivity contribution in [1.29, 1.82) is 0 Å². The molecule has 0 saturated carbocycles. The number of carbonyl (C=O) groups is 3. The zero-order valence-corrected chi connectivity index (χ0v) is 18.7. The molecular weight excluding hydrogens is 412 g/mol. The molecule has 7 heteroatoms. The average molecular weight is 443 g/mol. The summed E-state index contributed by atoms with van der Waals surface area (Å²) in [7, 11) is 0. The molecule has 0 aliphatic heterocycles. The van der Waals surface area contributed by atoms with Gasteiger partial charge >= 0.3 is 5.97 Å². The van der Waals surface area contributed by atoms with Gasteiger partial charge in [0.2, 0.25) is 11.8 Å². The number of thiol groups is 1. The first-order valence-electron chi connectivity index (χ1n) is 10.4. The summed E-state index contributed by atoms with van der Waals surface area (Å²) in [6.07, 6.45) is 1.06. The highest BCUT2D eigenvalue weighted by atomic mass is 32.1. The monoisotopic (exact) mass is 442 g/mol. The van der Waals surface area contributed by atoms with Crippen LogP contribution >= 0.6 is 12.6 Å². The minimum atomic E-state index is -1.13. The molecule has 6 nitrogen and oxygen atoms in total. The summed E-state index contributed by atoms with van der Waals surface area (Å²) in [6.45, 7) is 3.74. The summed E-state index contributed by atoms with van der Waals surface area (Å²) in [5.41, 5.74) is 1.83. The Hall–Kier alpha value is -2.80. The molecule has 0 aliphatic rings. The van der Waals surface area contributed by atoms with Crippen LogP contribution in [0.25, 0.3) is 0 Å². The highest BCUT2D eigenvalue weighted by Gasteiger charge is 2.28. The quantitative estimate of drug-likeness (QED) is 0.403. The number of aryl methyl sites for hydroxylation is 1. The molecule has 0 saturated heterocycles. The Balaban J connectivity index is 2.12. The fraction of sp³-hybridized carbons (Fsp3) is 0.375. The first kappa shape index (κ1) is 24.5. The fourth-order valence-electron chi connectivity index (χ4n) is 3.11. The van der Waals surface area contributed by atoms with Crippen molar-refractivity contribution >= 4 is 30.4 Å². The van der Waals surface area contributed by atoms with Crippen molar-refractivity contribution in [1.82, 2.24) is 10.6 Å². The normalized spacial score (nSPS) is 13.8. The van der Waals surface area contributed by atoms with Gasteiger partial charge in [-0.3, -0.25) is 9.59 Å². The second-order valence-corrected chi connectivity index (χ2v) is 8.42.